The molecular formula is C21H29N4Rh-. The summed E-state index contributed by atoms with van der Waals surface area (Å²) in [6, 6.07) is 8.88. The Hall–Kier alpha value is -1.45. The SMILES string of the molecule is CNc1ccc2c(N3CCCC3)nc(C3=CCN(C)CC3)cc2c1.[CH3-].[Rh]. The molecule has 1 N–H and O–H groups in total. The minimum atomic E-state index is 0. The predicted octanol–water partition coefficient (Wildman–Crippen LogP) is 4.04. The van der Waals surface area contributed by atoms with Crippen LogP contribution >= 0.6 is 0 Å². The van der Waals surface area contributed by atoms with Crippen molar-refractivity contribution in [2.24, 2.45) is 0 Å². The number of aromatic nitrogens is 1. The van der Waals surface area contributed by atoms with Gasteiger partial charge in [0.25, 0.3) is 0 Å². The van der Waals surface area contributed by atoms with Crippen molar-refractivity contribution in [3.05, 3.63) is 43.5 Å². The summed E-state index contributed by atoms with van der Waals surface area (Å²) in [7, 11) is 4.15. The van der Waals surface area contributed by atoms with Crippen molar-refractivity contribution in [2.75, 3.05) is 50.5 Å². The molecule has 1 saturated heterocycles. The maximum atomic E-state index is 5.11. The van der Waals surface area contributed by atoms with Gasteiger partial charge in [0.2, 0.25) is 0 Å². The molecule has 1 radical (unpaired) electrons. The third kappa shape index (κ3) is 4.10. The van der Waals surface area contributed by atoms with Crippen molar-refractivity contribution in [3.8, 4) is 0 Å². The Bertz CT molecular complexity index is 781. The van der Waals surface area contributed by atoms with E-state index in [-0.39, 0.29) is 26.9 Å². The monoisotopic (exact) mass is 440 g/mol. The van der Waals surface area contributed by atoms with Crippen LogP contribution in [0.2, 0.25) is 0 Å². The number of benzene rings is 1. The van der Waals surface area contributed by atoms with Gasteiger partial charge in [-0.25, -0.2) is 4.98 Å². The molecule has 0 spiro atoms. The van der Waals surface area contributed by atoms with E-state index in [2.05, 4.69) is 52.5 Å². The molecule has 1 fully saturated rings. The average molecular weight is 440 g/mol. The zero-order chi connectivity index (χ0) is 16.5. The molecule has 5 heteroatoms. The van der Waals surface area contributed by atoms with Gasteiger partial charge in [-0.1, -0.05) is 6.08 Å². The first-order valence-corrected chi connectivity index (χ1v) is 9.00. The van der Waals surface area contributed by atoms with E-state index in [0.717, 1.165) is 44.0 Å². The van der Waals surface area contributed by atoms with E-state index in [0.29, 0.717) is 0 Å². The first-order chi connectivity index (χ1) is 11.7. The fourth-order valence-corrected chi connectivity index (χ4v) is 3.73. The van der Waals surface area contributed by atoms with E-state index in [4.69, 9.17) is 4.98 Å². The van der Waals surface area contributed by atoms with Crippen molar-refractivity contribution in [1.29, 1.82) is 0 Å². The normalized spacial score (nSPS) is 17.5. The number of likely N-dealkylation sites (N-methyl/N-ethyl adjacent to an activating group) is 1. The van der Waals surface area contributed by atoms with Gasteiger partial charge in [0.15, 0.2) is 0 Å². The van der Waals surface area contributed by atoms with Gasteiger partial charge in [-0.15, -0.1) is 0 Å². The van der Waals surface area contributed by atoms with Gasteiger partial charge < -0.3 is 22.5 Å². The van der Waals surface area contributed by atoms with E-state index >= 15 is 0 Å². The van der Waals surface area contributed by atoms with E-state index < -0.39 is 0 Å². The zero-order valence-corrected chi connectivity index (χ0v) is 17.7. The topological polar surface area (TPSA) is 31.4 Å². The molecule has 2 aromatic rings. The van der Waals surface area contributed by atoms with E-state index in [1.807, 2.05) is 7.05 Å². The molecule has 4 rings (SSSR count). The summed E-state index contributed by atoms with van der Waals surface area (Å²) in [6.45, 7) is 4.38. The fraction of sp³-hybridized carbons (Fsp3) is 0.429. The second-order valence-electron chi connectivity index (χ2n) is 6.95. The molecule has 0 bridgehead atoms. The third-order valence-corrected chi connectivity index (χ3v) is 5.25. The Morgan fingerprint density at radius 1 is 1.08 bits per heavy atom. The molecule has 2 aliphatic rings. The van der Waals surface area contributed by atoms with Crippen molar-refractivity contribution >= 4 is 27.9 Å². The summed E-state index contributed by atoms with van der Waals surface area (Å²) in [5.74, 6) is 1.17. The van der Waals surface area contributed by atoms with Crippen molar-refractivity contribution in [3.63, 3.8) is 0 Å². The maximum absolute atomic E-state index is 5.11. The van der Waals surface area contributed by atoms with Crippen LogP contribution in [-0.4, -0.2) is 50.2 Å². The quantitative estimate of drug-likeness (QED) is 0.577. The molecule has 1 aromatic heterocycles. The largest absolute Gasteiger partial charge is 0.388 e. The van der Waals surface area contributed by atoms with Crippen molar-refractivity contribution in [1.82, 2.24) is 9.88 Å². The number of nitrogens with zero attached hydrogens (tertiary/aromatic N) is 3. The number of nitrogens with one attached hydrogen (secondary N) is 1. The first-order valence-electron chi connectivity index (χ1n) is 9.00. The number of anilines is 2. The fourth-order valence-electron chi connectivity index (χ4n) is 3.73. The van der Waals surface area contributed by atoms with Crippen LogP contribution < -0.4 is 10.2 Å². The summed E-state index contributed by atoms with van der Waals surface area (Å²) in [5.41, 5.74) is 3.71. The van der Waals surface area contributed by atoms with Gasteiger partial charge in [-0.05, 0) is 61.5 Å². The Morgan fingerprint density at radius 2 is 1.85 bits per heavy atom. The average Bonchev–Trinajstić information content (AvgIpc) is 3.15. The summed E-state index contributed by atoms with van der Waals surface area (Å²) in [6.07, 6.45) is 5.97. The van der Waals surface area contributed by atoms with Crippen LogP contribution in [-0.2, 0) is 19.5 Å². The Kier molecular flexibility index (Phi) is 7.19. The molecule has 4 nitrogen and oxygen atoms in total. The molecule has 0 amide bonds. The van der Waals surface area contributed by atoms with E-state index in [9.17, 15) is 0 Å². The van der Waals surface area contributed by atoms with E-state index in [1.165, 1.54) is 35.0 Å². The van der Waals surface area contributed by atoms with Crippen LogP contribution in [0.1, 0.15) is 25.0 Å². The Balaban J connectivity index is 0.00000121. The summed E-state index contributed by atoms with van der Waals surface area (Å²) in [5, 5.41) is 5.81. The van der Waals surface area contributed by atoms with Gasteiger partial charge in [-0.3, -0.25) is 0 Å². The molecule has 0 saturated carbocycles. The zero-order valence-electron chi connectivity index (χ0n) is 16.0. The van der Waals surface area contributed by atoms with Gasteiger partial charge in [0.1, 0.15) is 5.82 Å². The van der Waals surface area contributed by atoms with Gasteiger partial charge in [0, 0.05) is 63.8 Å². The Labute approximate surface area is 170 Å². The standard InChI is InChI=1S/C20H26N4.CH3.Rh/c1-21-17-5-6-18-16(13-17)14-19(15-7-11-23(2)12-8-15)22-20(18)24-9-3-4-10-24;;/h5-7,13-14,21H,3-4,8-12H2,1-2H3;1H3;/q;-1;. The predicted molar refractivity (Wildman–Crippen MR) is 109 cm³/mol. The van der Waals surface area contributed by atoms with Gasteiger partial charge >= 0.3 is 0 Å². The summed E-state index contributed by atoms with van der Waals surface area (Å²) >= 11 is 0. The molecule has 3 heterocycles. The van der Waals surface area contributed by atoms with Crippen LogP contribution in [0.5, 0.6) is 0 Å². The minimum absolute atomic E-state index is 0. The molecular weight excluding hydrogens is 411 g/mol. The molecule has 26 heavy (non-hydrogen) atoms. The molecule has 143 valence electrons. The van der Waals surface area contributed by atoms with Crippen LogP contribution in [0.15, 0.2) is 30.3 Å². The van der Waals surface area contributed by atoms with Gasteiger partial charge in [-0.2, -0.15) is 0 Å². The molecule has 0 unspecified atom stereocenters. The molecule has 0 aliphatic carbocycles. The molecule has 0 atom stereocenters. The number of hydrogen-bond acceptors (Lipinski definition) is 4. The Morgan fingerprint density at radius 3 is 2.50 bits per heavy atom. The number of fused-ring (bicyclic) bond motifs is 1. The van der Waals surface area contributed by atoms with Crippen LogP contribution in [0.3, 0.4) is 0 Å². The minimum Gasteiger partial charge on any atom is -0.388 e. The number of hydrogen-bond donors (Lipinski definition) is 1. The second-order valence-corrected chi connectivity index (χ2v) is 6.95. The summed E-state index contributed by atoms with van der Waals surface area (Å²) in [4.78, 5) is 9.92. The van der Waals surface area contributed by atoms with Gasteiger partial charge in [0.05, 0.1) is 5.69 Å². The van der Waals surface area contributed by atoms with Crippen LogP contribution in [0.4, 0.5) is 11.5 Å². The first kappa shape index (κ1) is 20.9. The van der Waals surface area contributed by atoms with Crippen molar-refractivity contribution in [2.45, 2.75) is 19.3 Å². The van der Waals surface area contributed by atoms with E-state index in [1.54, 1.807) is 0 Å². The molecule has 2 aliphatic heterocycles. The third-order valence-electron chi connectivity index (χ3n) is 5.25. The smallest absolute Gasteiger partial charge is 0.137 e. The number of rotatable bonds is 3. The van der Waals surface area contributed by atoms with Crippen LogP contribution in [0, 0.1) is 7.43 Å². The number of pyridine rings is 1. The molecule has 1 aromatic carbocycles. The summed E-state index contributed by atoms with van der Waals surface area (Å²) < 4.78 is 0. The van der Waals surface area contributed by atoms with Crippen LogP contribution in [0.25, 0.3) is 16.3 Å². The maximum Gasteiger partial charge on any atom is 0.137 e. The second kappa shape index (κ2) is 8.97. The van der Waals surface area contributed by atoms with Crippen molar-refractivity contribution < 1.29 is 19.5 Å².